The van der Waals surface area contributed by atoms with Gasteiger partial charge in [0, 0.05) is 12.5 Å². The van der Waals surface area contributed by atoms with Crippen molar-refractivity contribution in [3.63, 3.8) is 0 Å². The van der Waals surface area contributed by atoms with E-state index in [1.807, 2.05) is 0 Å². The Morgan fingerprint density at radius 1 is 1.50 bits per heavy atom. The SMILES string of the molecule is COC(=O)c1ccc(F)cc1NC(=O)CC1CCCN1. The van der Waals surface area contributed by atoms with Gasteiger partial charge in [-0.2, -0.15) is 0 Å². The zero-order valence-corrected chi connectivity index (χ0v) is 11.2. The van der Waals surface area contributed by atoms with Crippen molar-refractivity contribution in [2.75, 3.05) is 19.0 Å². The van der Waals surface area contributed by atoms with Crippen molar-refractivity contribution in [1.29, 1.82) is 0 Å². The summed E-state index contributed by atoms with van der Waals surface area (Å²) in [5.74, 6) is -1.38. The van der Waals surface area contributed by atoms with Gasteiger partial charge in [-0.05, 0) is 37.6 Å². The number of methoxy groups -OCH3 is 1. The summed E-state index contributed by atoms with van der Waals surface area (Å²) in [6, 6.07) is 3.71. The highest BCUT2D eigenvalue weighted by Gasteiger charge is 2.20. The van der Waals surface area contributed by atoms with Gasteiger partial charge < -0.3 is 15.4 Å². The second-order valence-electron chi connectivity index (χ2n) is 4.73. The fourth-order valence-corrected chi connectivity index (χ4v) is 2.26. The Morgan fingerprint density at radius 2 is 2.30 bits per heavy atom. The van der Waals surface area contributed by atoms with Crippen LogP contribution in [0.1, 0.15) is 29.6 Å². The van der Waals surface area contributed by atoms with Crippen LogP contribution in [0.5, 0.6) is 0 Å². The smallest absolute Gasteiger partial charge is 0.339 e. The number of esters is 1. The van der Waals surface area contributed by atoms with Gasteiger partial charge in [0.15, 0.2) is 0 Å². The van der Waals surface area contributed by atoms with Crippen molar-refractivity contribution >= 4 is 17.6 Å². The molecule has 1 aromatic rings. The second kappa shape index (κ2) is 6.47. The summed E-state index contributed by atoms with van der Waals surface area (Å²) in [5, 5.41) is 5.78. The van der Waals surface area contributed by atoms with Crippen LogP contribution in [0.25, 0.3) is 0 Å². The van der Waals surface area contributed by atoms with Crippen LogP contribution in [0.4, 0.5) is 10.1 Å². The van der Waals surface area contributed by atoms with Crippen LogP contribution in [0.2, 0.25) is 0 Å². The highest BCUT2D eigenvalue weighted by atomic mass is 19.1. The number of ether oxygens (including phenoxy) is 1. The van der Waals surface area contributed by atoms with E-state index in [0.29, 0.717) is 6.42 Å². The molecule has 1 unspecified atom stereocenters. The minimum Gasteiger partial charge on any atom is -0.465 e. The van der Waals surface area contributed by atoms with E-state index in [1.165, 1.54) is 13.2 Å². The van der Waals surface area contributed by atoms with Gasteiger partial charge in [-0.3, -0.25) is 4.79 Å². The lowest BCUT2D eigenvalue weighted by molar-refractivity contribution is -0.116. The Morgan fingerprint density at radius 3 is 2.95 bits per heavy atom. The van der Waals surface area contributed by atoms with Crippen molar-refractivity contribution in [3.8, 4) is 0 Å². The summed E-state index contributed by atoms with van der Waals surface area (Å²) < 4.78 is 17.9. The molecule has 1 aliphatic rings. The minimum atomic E-state index is -0.612. The average Bonchev–Trinajstić information content (AvgIpc) is 2.90. The van der Waals surface area contributed by atoms with E-state index in [0.717, 1.165) is 31.5 Å². The molecule has 1 amide bonds. The van der Waals surface area contributed by atoms with E-state index >= 15 is 0 Å². The Kier molecular flexibility index (Phi) is 4.68. The molecule has 6 heteroatoms. The van der Waals surface area contributed by atoms with Gasteiger partial charge in [0.05, 0.1) is 18.4 Å². The number of benzene rings is 1. The maximum absolute atomic E-state index is 13.3. The zero-order valence-electron chi connectivity index (χ0n) is 11.2. The normalized spacial score (nSPS) is 17.8. The molecule has 1 fully saturated rings. The van der Waals surface area contributed by atoms with E-state index in [2.05, 4.69) is 15.4 Å². The van der Waals surface area contributed by atoms with E-state index in [9.17, 15) is 14.0 Å². The third kappa shape index (κ3) is 3.54. The van der Waals surface area contributed by atoms with Crippen molar-refractivity contribution in [2.24, 2.45) is 0 Å². The second-order valence-corrected chi connectivity index (χ2v) is 4.73. The summed E-state index contributed by atoms with van der Waals surface area (Å²) in [5.41, 5.74) is 0.279. The number of hydrogen-bond acceptors (Lipinski definition) is 4. The lowest BCUT2D eigenvalue weighted by atomic mass is 10.1. The van der Waals surface area contributed by atoms with Gasteiger partial charge in [-0.25, -0.2) is 9.18 Å². The van der Waals surface area contributed by atoms with Gasteiger partial charge >= 0.3 is 5.97 Å². The first kappa shape index (κ1) is 14.5. The molecule has 0 spiro atoms. The molecule has 20 heavy (non-hydrogen) atoms. The van der Waals surface area contributed by atoms with Crippen LogP contribution >= 0.6 is 0 Å². The zero-order chi connectivity index (χ0) is 14.5. The lowest BCUT2D eigenvalue weighted by Gasteiger charge is -2.12. The molecule has 1 saturated heterocycles. The molecule has 0 radical (unpaired) electrons. The number of hydrogen-bond donors (Lipinski definition) is 2. The standard InChI is InChI=1S/C14H17FN2O3/c1-20-14(19)11-5-4-9(15)7-12(11)17-13(18)8-10-3-2-6-16-10/h4-5,7,10,16H,2-3,6,8H2,1H3,(H,17,18). The van der Waals surface area contributed by atoms with Gasteiger partial charge in [-0.1, -0.05) is 0 Å². The van der Waals surface area contributed by atoms with E-state index in [-0.39, 0.29) is 23.2 Å². The van der Waals surface area contributed by atoms with Crippen LogP contribution in [-0.2, 0) is 9.53 Å². The van der Waals surface area contributed by atoms with E-state index in [1.54, 1.807) is 0 Å². The predicted octanol–water partition coefficient (Wildman–Crippen LogP) is 1.69. The van der Waals surface area contributed by atoms with Crippen LogP contribution in [0.3, 0.4) is 0 Å². The summed E-state index contributed by atoms with van der Waals surface area (Å²) in [6.07, 6.45) is 2.29. The Balaban J connectivity index is 2.08. The maximum atomic E-state index is 13.3. The van der Waals surface area contributed by atoms with E-state index in [4.69, 9.17) is 0 Å². The average molecular weight is 280 g/mol. The Bertz CT molecular complexity index is 513. The molecule has 1 aliphatic heterocycles. The summed E-state index contributed by atoms with van der Waals surface area (Å²) >= 11 is 0. The number of halogens is 1. The molecular formula is C14H17FN2O3. The maximum Gasteiger partial charge on any atom is 0.339 e. The first-order valence-corrected chi connectivity index (χ1v) is 6.51. The summed E-state index contributed by atoms with van der Waals surface area (Å²) in [6.45, 7) is 0.908. The lowest BCUT2D eigenvalue weighted by Crippen LogP contribution is -2.28. The van der Waals surface area contributed by atoms with Crippen LogP contribution < -0.4 is 10.6 Å². The Labute approximate surface area is 116 Å². The molecule has 2 N–H and O–H groups in total. The number of carbonyl (C=O) groups is 2. The quantitative estimate of drug-likeness (QED) is 0.824. The molecule has 0 aromatic heterocycles. The molecule has 1 aromatic carbocycles. The van der Waals surface area contributed by atoms with Gasteiger partial charge in [0.25, 0.3) is 0 Å². The number of nitrogens with one attached hydrogen (secondary N) is 2. The van der Waals surface area contributed by atoms with Crippen LogP contribution in [0, 0.1) is 5.82 Å². The fourth-order valence-electron chi connectivity index (χ4n) is 2.26. The van der Waals surface area contributed by atoms with Crippen molar-refractivity contribution in [3.05, 3.63) is 29.6 Å². The number of amides is 1. The van der Waals surface area contributed by atoms with Gasteiger partial charge in [-0.15, -0.1) is 0 Å². The van der Waals surface area contributed by atoms with E-state index < -0.39 is 11.8 Å². The van der Waals surface area contributed by atoms with Crippen LogP contribution in [-0.4, -0.2) is 31.6 Å². The highest BCUT2D eigenvalue weighted by molar-refractivity contribution is 6.01. The molecule has 5 nitrogen and oxygen atoms in total. The van der Waals surface area contributed by atoms with Crippen molar-refractivity contribution < 1.29 is 18.7 Å². The fraction of sp³-hybridized carbons (Fsp3) is 0.429. The third-order valence-electron chi connectivity index (χ3n) is 3.26. The first-order chi connectivity index (χ1) is 9.60. The molecular weight excluding hydrogens is 263 g/mol. The molecule has 108 valence electrons. The summed E-state index contributed by atoms with van der Waals surface area (Å²) in [4.78, 5) is 23.5. The number of carbonyl (C=O) groups excluding carboxylic acids is 2. The van der Waals surface area contributed by atoms with Crippen molar-refractivity contribution in [1.82, 2.24) is 5.32 Å². The number of rotatable bonds is 4. The Hall–Kier alpha value is -1.95. The third-order valence-corrected chi connectivity index (χ3v) is 3.26. The molecule has 2 rings (SSSR count). The van der Waals surface area contributed by atoms with Gasteiger partial charge in [0.1, 0.15) is 5.82 Å². The molecule has 0 bridgehead atoms. The highest BCUT2D eigenvalue weighted by Crippen LogP contribution is 2.19. The molecule has 1 heterocycles. The van der Waals surface area contributed by atoms with Gasteiger partial charge in [0.2, 0.25) is 5.91 Å². The van der Waals surface area contributed by atoms with Crippen LogP contribution in [0.15, 0.2) is 18.2 Å². The topological polar surface area (TPSA) is 67.4 Å². The molecule has 1 atom stereocenters. The first-order valence-electron chi connectivity index (χ1n) is 6.51. The summed E-state index contributed by atoms with van der Waals surface area (Å²) in [7, 11) is 1.24. The minimum absolute atomic E-state index is 0.139. The molecule has 0 aliphatic carbocycles. The van der Waals surface area contributed by atoms with Crippen molar-refractivity contribution in [2.45, 2.75) is 25.3 Å². The molecule has 0 saturated carbocycles. The number of anilines is 1. The monoisotopic (exact) mass is 280 g/mol. The predicted molar refractivity (Wildman–Crippen MR) is 72.0 cm³/mol. The largest absolute Gasteiger partial charge is 0.465 e.